The number of nitrogens with zero attached hydrogens (tertiary/aromatic N) is 6. The fourth-order valence-corrected chi connectivity index (χ4v) is 17.9. The minimum atomic E-state index is -2.03. The number of aliphatic carboxylic acids is 3. The quantitative estimate of drug-likeness (QED) is 0.0306. The molecular formula is C90H122N20O26S. The van der Waals surface area contributed by atoms with Crippen molar-refractivity contribution < 1.29 is 127 Å². The molecule has 0 saturated carbocycles. The zero-order valence-electron chi connectivity index (χ0n) is 76.3. The number of aliphatic hydroxyl groups excluding tert-OH is 3. The largest absolute Gasteiger partial charge is 0.508 e. The van der Waals surface area contributed by atoms with Gasteiger partial charge in [-0.1, -0.05) is 73.5 Å². The highest BCUT2D eigenvalue weighted by Gasteiger charge is 2.47. The lowest BCUT2D eigenvalue weighted by molar-refractivity contribution is -0.149. The normalized spacial score (nSPS) is 26.2. The highest BCUT2D eigenvalue weighted by molar-refractivity contribution is 7.99. The van der Waals surface area contributed by atoms with Gasteiger partial charge in [-0.2, -0.15) is 11.8 Å². The number of aromatic amines is 1. The summed E-state index contributed by atoms with van der Waals surface area (Å²) in [7, 11) is 3.68. The molecule has 9 rings (SSSR count). The lowest BCUT2D eigenvalue weighted by Gasteiger charge is -2.36. The zero-order chi connectivity index (χ0) is 100. The number of phenols is 1. The van der Waals surface area contributed by atoms with Crippen LogP contribution in [0.25, 0.3) is 21.8 Å². The molecule has 744 valence electrons. The predicted molar refractivity (Wildman–Crippen MR) is 491 cm³/mol. The number of para-hydroxylation sites is 2. The van der Waals surface area contributed by atoms with E-state index in [4.69, 9.17) is 17.2 Å². The third-order valence-corrected chi connectivity index (χ3v) is 25.6. The first-order valence-electron chi connectivity index (χ1n) is 45.1. The molecule has 3 aromatic carbocycles. The van der Waals surface area contributed by atoms with Crippen LogP contribution in [0, 0.1) is 0 Å². The average Bonchev–Trinajstić information content (AvgIpc) is 1.65. The minimum absolute atomic E-state index is 0.0978. The molecule has 46 nitrogen and oxygen atoms in total. The van der Waals surface area contributed by atoms with Gasteiger partial charge in [0.05, 0.1) is 31.7 Å². The van der Waals surface area contributed by atoms with E-state index in [1.807, 2.05) is 12.2 Å². The summed E-state index contributed by atoms with van der Waals surface area (Å²) in [6, 6.07) is -5.27. The number of thioether (sulfide) groups is 1. The van der Waals surface area contributed by atoms with E-state index in [2.05, 4.69) is 58.2 Å². The number of hydrogen-bond donors (Lipinski definition) is 21. The van der Waals surface area contributed by atoms with Crippen LogP contribution < -0.4 is 70.4 Å². The molecule has 137 heavy (non-hydrogen) atoms. The SMILES string of the molecule is C[C@H]1C(=O)N[C@@H](CC(=O)O)C(=O)N2CCC[C@H]2C(=O)N[C@@H](CN)C(=O)N[C@@H](CCC(N)=O)C(=O)N2C[C@H](O)C[C@H]2C(=O)N[C@@H](Cc2c[nH]c3ccccc23)C(=O)N[C@@H](CO)C(=O)N[C@@H](Cc2cn(CC(=O)O)c3ccccc23)C(=O)N(C)[C@H]2CCCC/C=C\CCCC[C@@H](C(=O)N[C@@H](CCC(=O)O)C(=O)N[C@H](C(=O)NCC(N)=O)CSCC(O)N[C@@H](Cc3ccc(O)cc3)C(=O)N1C)N(C)C2=O. The predicted octanol–water partition coefficient (Wildman–Crippen LogP) is -4.86. The van der Waals surface area contributed by atoms with Gasteiger partial charge in [-0.15, -0.1) is 0 Å². The second kappa shape index (κ2) is 50.8. The van der Waals surface area contributed by atoms with Gasteiger partial charge >= 0.3 is 17.9 Å². The number of aliphatic hydroxyl groups is 3. The van der Waals surface area contributed by atoms with Crippen LogP contribution in [0.1, 0.15) is 126 Å². The monoisotopic (exact) mass is 1930 g/mol. The number of carboxylic acid groups (broad SMARTS) is 3. The topological polar surface area (TPSA) is 701 Å². The van der Waals surface area contributed by atoms with Gasteiger partial charge in [0.2, 0.25) is 94.5 Å². The maximum atomic E-state index is 15.9. The fourth-order valence-electron chi connectivity index (χ4n) is 17.0. The molecule has 0 aliphatic carbocycles. The van der Waals surface area contributed by atoms with Crippen LogP contribution >= 0.6 is 11.8 Å². The van der Waals surface area contributed by atoms with Crippen LogP contribution in [0.4, 0.5) is 0 Å². The maximum Gasteiger partial charge on any atom is 0.323 e. The Morgan fingerprint density at radius 2 is 1.06 bits per heavy atom. The summed E-state index contributed by atoms with van der Waals surface area (Å²) in [5.41, 5.74) is 19.1. The number of primary amides is 2. The maximum absolute atomic E-state index is 15.9. The number of rotatable bonds is 21. The Bertz CT molecular complexity index is 5270. The number of carbonyl (C=O) groups excluding carboxylic acids is 16. The van der Waals surface area contributed by atoms with E-state index >= 15 is 33.6 Å². The number of benzene rings is 3. The Labute approximate surface area is 791 Å². The third kappa shape index (κ3) is 29.9. The summed E-state index contributed by atoms with van der Waals surface area (Å²) in [6.45, 7) is -2.91. The number of fused-ring (bicyclic) bond motifs is 7. The van der Waals surface area contributed by atoms with Crippen LogP contribution in [0.15, 0.2) is 97.3 Å². The molecule has 4 aliphatic rings. The molecule has 47 heteroatoms. The van der Waals surface area contributed by atoms with Crippen LogP contribution in [-0.2, 0) is 117 Å². The molecule has 2 bridgehead atoms. The first-order valence-corrected chi connectivity index (χ1v) is 46.2. The summed E-state index contributed by atoms with van der Waals surface area (Å²) in [5, 5.41) is 101. The van der Waals surface area contributed by atoms with Crippen LogP contribution in [0.5, 0.6) is 5.75 Å². The molecule has 16 amide bonds. The van der Waals surface area contributed by atoms with Gasteiger partial charge in [-0.25, -0.2) is 0 Å². The number of carboxylic acids is 3. The van der Waals surface area contributed by atoms with Gasteiger partial charge in [-0.3, -0.25) is 96.4 Å². The molecule has 2 aromatic heterocycles. The molecule has 6 heterocycles. The van der Waals surface area contributed by atoms with Crippen molar-refractivity contribution in [1.82, 2.24) is 87.2 Å². The van der Waals surface area contributed by atoms with E-state index in [1.165, 1.54) is 69.3 Å². The zero-order valence-corrected chi connectivity index (χ0v) is 77.1. The molecule has 24 N–H and O–H groups in total. The van der Waals surface area contributed by atoms with E-state index in [0.717, 1.165) is 36.3 Å². The minimum Gasteiger partial charge on any atom is -0.508 e. The number of aromatic nitrogens is 2. The Morgan fingerprint density at radius 3 is 1.72 bits per heavy atom. The number of H-pyrrole nitrogens is 1. The van der Waals surface area contributed by atoms with Crippen LogP contribution in [0.3, 0.4) is 0 Å². The van der Waals surface area contributed by atoms with E-state index in [9.17, 15) is 93.3 Å². The van der Waals surface area contributed by atoms with Gasteiger partial charge in [0, 0.05) is 119 Å². The summed E-state index contributed by atoms with van der Waals surface area (Å²) in [5.74, 6) is -22.5. The van der Waals surface area contributed by atoms with Crippen LogP contribution in [0.2, 0.25) is 0 Å². The van der Waals surface area contributed by atoms with Crippen molar-refractivity contribution in [2.75, 3.05) is 65.4 Å². The highest BCUT2D eigenvalue weighted by Crippen LogP contribution is 2.29. The first kappa shape index (κ1) is 107. The second-order valence-electron chi connectivity index (χ2n) is 34.4. The van der Waals surface area contributed by atoms with E-state index in [-0.39, 0.29) is 62.8 Å². The Kier molecular flexibility index (Phi) is 39.7. The van der Waals surface area contributed by atoms with Gasteiger partial charge in [0.1, 0.15) is 97.1 Å². The average molecular weight is 1930 g/mol. The number of hydrogen-bond acceptors (Lipinski definition) is 26. The van der Waals surface area contributed by atoms with Gasteiger partial charge < -0.3 is 135 Å². The van der Waals surface area contributed by atoms with Gasteiger partial charge in [0.15, 0.2) is 0 Å². The Balaban J connectivity index is 1.11. The standard InChI is InChI=1S/C90H122N20O26S/c1-48-77(123)100-62(38-75(119)120)89(135)109-33-17-24-68(109)84(130)102-63(39-91)81(127)98-58(29-31-71(92)114)88(134)110-43-53(113)37-70(110)85(131)99-59(35-50-40-94-56-20-15-13-18-54(50)56)80(126)103-64(45-111)82(128)101-61(36-51-42-108(44-76(121)122)66-21-16-14-19-55(51)66)87(133)107(4)69-23-12-10-8-6-5-7-9-11-22-67(106(3)90(69)136)83(129)97-57(30-32-74(117)118)79(125)104-65(78(124)95-41-72(93)115)46-137-47-73(116)96-60(86(132)105(48)2)34-49-25-27-52(112)28-26-49/h5-6,13-16,18-21,25-28,40,42,48,53,57-65,67-70,73,94,96,111-113,116H,7-12,17,22-24,29-39,41,43-47,91H2,1-4H3,(H2,92,114)(H2,93,115)(H,95,124)(H,97,129)(H,98,127)(H,99,131)(H,100,123)(H,101,128)(H,102,130)(H,103,126)(H,104,125)(H,117,118)(H,119,120)(H,121,122)/b6-5-/t48-,53+,57-,58-,59-,60-,61-,62-,63-,64-,65-,67-,68-,69-,70-,73?/m0/s1. The summed E-state index contributed by atoms with van der Waals surface area (Å²) >= 11 is 0.769. The first-order chi connectivity index (χ1) is 65.2. The van der Waals surface area contributed by atoms with Crippen molar-refractivity contribution in [3.63, 3.8) is 0 Å². The lowest BCUT2D eigenvalue weighted by Crippen LogP contribution is -2.62. The number of carbonyl (C=O) groups is 19. The molecule has 0 spiro atoms. The molecule has 1 unspecified atom stereocenters. The third-order valence-electron chi connectivity index (χ3n) is 24.5. The van der Waals surface area contributed by atoms with E-state index in [1.54, 1.807) is 48.5 Å². The smallest absolute Gasteiger partial charge is 0.323 e. The molecular weight excluding hydrogens is 1810 g/mol. The van der Waals surface area contributed by atoms with E-state index in [0.29, 0.717) is 58.6 Å². The van der Waals surface area contributed by atoms with Gasteiger partial charge in [0.25, 0.3) is 0 Å². The lowest BCUT2D eigenvalue weighted by atomic mass is 9.99. The van der Waals surface area contributed by atoms with Crippen molar-refractivity contribution in [1.29, 1.82) is 0 Å². The molecule has 4 aliphatic heterocycles. The van der Waals surface area contributed by atoms with E-state index < -0.39 is 305 Å². The van der Waals surface area contributed by atoms with Crippen molar-refractivity contribution in [3.05, 3.63) is 114 Å². The Morgan fingerprint density at radius 1 is 0.504 bits per heavy atom. The molecule has 5 aromatic rings. The molecule has 3 saturated heterocycles. The van der Waals surface area contributed by atoms with Gasteiger partial charge in [-0.05, 0) is 119 Å². The summed E-state index contributed by atoms with van der Waals surface area (Å²) in [4.78, 5) is 280. The van der Waals surface area contributed by atoms with Crippen LogP contribution in [-0.4, -0.2) is 345 Å². The molecule has 0 radical (unpaired) electrons. The number of aromatic hydroxyl groups is 1. The molecule has 3 fully saturated rings. The number of allylic oxidation sites excluding steroid dienone is 2. The fraction of sp³-hybridized carbons (Fsp3) is 0.522. The summed E-state index contributed by atoms with van der Waals surface area (Å²) < 4.78 is 1.38. The van der Waals surface area contributed by atoms with Crippen molar-refractivity contribution in [3.8, 4) is 5.75 Å². The number of nitrogens with one attached hydrogen (secondary N) is 11. The number of likely N-dealkylation sites (N-methyl/N-ethyl adjacent to an activating group) is 3. The second-order valence-corrected chi connectivity index (χ2v) is 35.5. The van der Waals surface area contributed by atoms with Crippen molar-refractivity contribution in [2.45, 2.75) is 232 Å². The summed E-state index contributed by atoms with van der Waals surface area (Å²) in [6.07, 6.45) is 0.333. The highest BCUT2D eigenvalue weighted by atomic mass is 32.2. The molecule has 16 atom stereocenters. The Hall–Kier alpha value is -13.6. The number of phenolic OH excluding ortho intramolecular Hbond substituents is 1. The number of nitrogens with two attached hydrogens (primary N) is 3. The van der Waals surface area contributed by atoms with Crippen molar-refractivity contribution >= 4 is 146 Å². The number of amides is 16. The van der Waals surface area contributed by atoms with Crippen molar-refractivity contribution in [2.24, 2.45) is 17.2 Å².